The molecule has 5 nitrogen and oxygen atoms in total. The Kier molecular flexibility index (Phi) is 2.28. The Balaban J connectivity index is 3.35. The standard InChI is InChI=1S/C2H7N3O2/c3-1(6)2(7)5-4/h1,6H,3-4H2,(H,5,7). The fourth-order valence-electron chi connectivity index (χ4n) is 0.0854. The molecule has 7 heavy (non-hydrogen) atoms. The van der Waals surface area contributed by atoms with E-state index in [1.165, 1.54) is 0 Å². The first-order valence-electron chi connectivity index (χ1n) is 1.62. The minimum absolute atomic E-state index is 0.792. The van der Waals surface area contributed by atoms with Gasteiger partial charge in [0.2, 0.25) is 0 Å². The molecular weight excluding hydrogens is 98.0 g/mol. The van der Waals surface area contributed by atoms with Gasteiger partial charge < -0.3 is 5.11 Å². The van der Waals surface area contributed by atoms with Crippen LogP contribution in [0.4, 0.5) is 0 Å². The molecule has 0 spiro atoms. The summed E-state index contributed by atoms with van der Waals surface area (Å²) in [6.07, 6.45) is -1.51. The molecule has 1 amide bonds. The molecule has 1 atom stereocenters. The lowest BCUT2D eigenvalue weighted by Crippen LogP contribution is -2.43. The Bertz CT molecular complexity index is 71.3. The Morgan fingerprint density at radius 2 is 2.29 bits per heavy atom. The van der Waals surface area contributed by atoms with E-state index in [-0.39, 0.29) is 0 Å². The van der Waals surface area contributed by atoms with Gasteiger partial charge in [0, 0.05) is 0 Å². The summed E-state index contributed by atoms with van der Waals surface area (Å²) in [5, 5.41) is 8.11. The zero-order valence-electron chi connectivity index (χ0n) is 3.59. The largest absolute Gasteiger partial charge is 0.370 e. The third-order valence-electron chi connectivity index (χ3n) is 0.411. The zero-order valence-corrected chi connectivity index (χ0v) is 3.59. The van der Waals surface area contributed by atoms with Crippen molar-refractivity contribution in [2.24, 2.45) is 11.6 Å². The predicted octanol–water partition coefficient (Wildman–Crippen LogP) is -2.75. The number of aliphatic hydroxyl groups excluding tert-OH is 1. The van der Waals surface area contributed by atoms with Gasteiger partial charge in [-0.15, -0.1) is 0 Å². The average Bonchev–Trinajstić information content (AvgIpc) is 1.65. The van der Waals surface area contributed by atoms with E-state index in [9.17, 15) is 4.79 Å². The summed E-state index contributed by atoms with van der Waals surface area (Å²) in [6, 6.07) is 0. The Morgan fingerprint density at radius 1 is 1.86 bits per heavy atom. The molecule has 0 rings (SSSR count). The van der Waals surface area contributed by atoms with Crippen LogP contribution in [0.1, 0.15) is 0 Å². The van der Waals surface area contributed by atoms with Gasteiger partial charge in [-0.25, -0.2) is 5.84 Å². The molecule has 1 unspecified atom stereocenters. The van der Waals surface area contributed by atoms with Crippen molar-refractivity contribution in [3.63, 3.8) is 0 Å². The monoisotopic (exact) mass is 105 g/mol. The van der Waals surface area contributed by atoms with E-state index in [4.69, 9.17) is 5.11 Å². The number of nitrogens with two attached hydrogens (primary N) is 2. The Labute approximate surface area is 40.3 Å². The normalized spacial score (nSPS) is 13.0. The number of hydrogen-bond acceptors (Lipinski definition) is 4. The van der Waals surface area contributed by atoms with Gasteiger partial charge in [0.25, 0.3) is 5.91 Å². The second kappa shape index (κ2) is 2.51. The molecule has 0 aliphatic carbocycles. The summed E-state index contributed by atoms with van der Waals surface area (Å²) < 4.78 is 0. The average molecular weight is 105 g/mol. The van der Waals surface area contributed by atoms with Crippen LogP contribution in [0.2, 0.25) is 0 Å². The zero-order chi connectivity index (χ0) is 5.86. The van der Waals surface area contributed by atoms with Gasteiger partial charge >= 0.3 is 0 Å². The summed E-state index contributed by atoms with van der Waals surface area (Å²) in [6.45, 7) is 0. The van der Waals surface area contributed by atoms with Crippen molar-refractivity contribution >= 4 is 5.91 Å². The number of nitrogens with one attached hydrogen (secondary N) is 1. The van der Waals surface area contributed by atoms with Gasteiger partial charge in [0.1, 0.15) is 0 Å². The molecule has 0 aromatic rings. The van der Waals surface area contributed by atoms with Crippen molar-refractivity contribution in [1.82, 2.24) is 5.43 Å². The molecule has 0 radical (unpaired) electrons. The van der Waals surface area contributed by atoms with Crippen molar-refractivity contribution in [3.8, 4) is 0 Å². The molecule has 0 heterocycles. The smallest absolute Gasteiger partial charge is 0.277 e. The van der Waals surface area contributed by atoms with E-state index in [1.807, 2.05) is 0 Å². The number of amides is 1. The van der Waals surface area contributed by atoms with Crippen LogP contribution in [0.25, 0.3) is 0 Å². The van der Waals surface area contributed by atoms with Crippen LogP contribution in [0.3, 0.4) is 0 Å². The number of hydrazine groups is 1. The first-order valence-corrected chi connectivity index (χ1v) is 1.62. The van der Waals surface area contributed by atoms with Crippen LogP contribution in [0.15, 0.2) is 0 Å². The van der Waals surface area contributed by atoms with Crippen LogP contribution >= 0.6 is 0 Å². The molecule has 0 aromatic heterocycles. The maximum absolute atomic E-state index is 9.90. The van der Waals surface area contributed by atoms with Gasteiger partial charge in [-0.2, -0.15) is 0 Å². The highest BCUT2D eigenvalue weighted by molar-refractivity contribution is 5.78. The highest BCUT2D eigenvalue weighted by atomic mass is 16.3. The van der Waals surface area contributed by atoms with E-state index >= 15 is 0 Å². The molecule has 0 saturated carbocycles. The van der Waals surface area contributed by atoms with Crippen molar-refractivity contribution in [1.29, 1.82) is 0 Å². The van der Waals surface area contributed by atoms with Crippen molar-refractivity contribution in [2.45, 2.75) is 6.23 Å². The van der Waals surface area contributed by atoms with Crippen LogP contribution < -0.4 is 17.0 Å². The molecule has 0 saturated heterocycles. The molecule has 42 valence electrons. The minimum atomic E-state index is -1.51. The van der Waals surface area contributed by atoms with Gasteiger partial charge in [0.15, 0.2) is 6.23 Å². The van der Waals surface area contributed by atoms with E-state index in [2.05, 4.69) is 11.6 Å². The Hall–Kier alpha value is -0.650. The molecular formula is C2H7N3O2. The molecule has 0 fully saturated rings. The summed E-state index contributed by atoms with van der Waals surface area (Å²) >= 11 is 0. The number of hydrogen-bond donors (Lipinski definition) is 4. The van der Waals surface area contributed by atoms with Gasteiger partial charge in [-0.1, -0.05) is 0 Å². The lowest BCUT2D eigenvalue weighted by atomic mass is 10.6. The molecule has 0 bridgehead atoms. The second-order valence-electron chi connectivity index (χ2n) is 0.953. The molecule has 5 heteroatoms. The molecule has 0 aliphatic heterocycles. The van der Waals surface area contributed by atoms with E-state index < -0.39 is 12.1 Å². The molecule has 0 aromatic carbocycles. The third-order valence-corrected chi connectivity index (χ3v) is 0.411. The highest BCUT2D eigenvalue weighted by Crippen LogP contribution is 1.62. The maximum Gasteiger partial charge on any atom is 0.277 e. The SMILES string of the molecule is NNC(=O)C(N)O. The summed E-state index contributed by atoms with van der Waals surface area (Å²) in [5.41, 5.74) is 6.26. The summed E-state index contributed by atoms with van der Waals surface area (Å²) in [4.78, 5) is 9.90. The van der Waals surface area contributed by atoms with Crippen LogP contribution in [0, 0.1) is 0 Å². The van der Waals surface area contributed by atoms with Crippen LogP contribution in [-0.4, -0.2) is 17.2 Å². The minimum Gasteiger partial charge on any atom is -0.370 e. The third kappa shape index (κ3) is 2.10. The topological polar surface area (TPSA) is 101 Å². The first-order chi connectivity index (χ1) is 3.18. The van der Waals surface area contributed by atoms with Crippen molar-refractivity contribution in [2.75, 3.05) is 0 Å². The number of rotatable bonds is 1. The Morgan fingerprint density at radius 3 is 2.29 bits per heavy atom. The maximum atomic E-state index is 9.90. The molecule has 0 aliphatic rings. The highest BCUT2D eigenvalue weighted by Gasteiger charge is 2.03. The number of aliphatic hydroxyl groups is 1. The van der Waals surface area contributed by atoms with E-state index in [0.29, 0.717) is 0 Å². The second-order valence-corrected chi connectivity index (χ2v) is 0.953. The van der Waals surface area contributed by atoms with Crippen LogP contribution in [0.5, 0.6) is 0 Å². The number of carbonyl (C=O) groups excluding carboxylic acids is 1. The predicted molar refractivity (Wildman–Crippen MR) is 22.5 cm³/mol. The number of carbonyl (C=O) groups is 1. The van der Waals surface area contributed by atoms with Crippen molar-refractivity contribution in [3.05, 3.63) is 0 Å². The van der Waals surface area contributed by atoms with Crippen molar-refractivity contribution < 1.29 is 9.90 Å². The van der Waals surface area contributed by atoms with Gasteiger partial charge in [0.05, 0.1) is 0 Å². The quantitative estimate of drug-likeness (QED) is 0.126. The first kappa shape index (κ1) is 6.35. The van der Waals surface area contributed by atoms with Gasteiger partial charge in [-0.3, -0.25) is 16.0 Å². The van der Waals surface area contributed by atoms with E-state index in [0.717, 1.165) is 0 Å². The lowest BCUT2D eigenvalue weighted by Gasteiger charge is -1.98. The lowest BCUT2D eigenvalue weighted by molar-refractivity contribution is -0.129. The summed E-state index contributed by atoms with van der Waals surface area (Å²) in [7, 11) is 0. The fraction of sp³-hybridized carbons (Fsp3) is 0.500. The summed E-state index contributed by atoms with van der Waals surface area (Å²) in [5.74, 6) is 3.74. The fourth-order valence-corrected chi connectivity index (χ4v) is 0.0854. The van der Waals surface area contributed by atoms with Gasteiger partial charge in [-0.05, 0) is 0 Å². The molecule has 6 N–H and O–H groups in total. The van der Waals surface area contributed by atoms with Crippen LogP contribution in [-0.2, 0) is 4.79 Å². The van der Waals surface area contributed by atoms with E-state index in [1.54, 1.807) is 5.43 Å².